The van der Waals surface area contributed by atoms with Crippen molar-refractivity contribution in [2.45, 2.75) is 64.5 Å². The number of carboxylic acid groups (broad SMARTS) is 1. The number of fused-ring (bicyclic) bond motifs is 5. The number of hydrogen-bond donors (Lipinski definition) is 1. The molecular weight excluding hydrogens is 498 g/mol. The molecule has 2 aromatic carbocycles. The highest BCUT2D eigenvalue weighted by atomic mass is 35.5. The fourth-order valence-corrected chi connectivity index (χ4v) is 6.72. The highest BCUT2D eigenvalue weighted by Crippen LogP contribution is 2.48. The molecule has 7 heteroatoms. The van der Waals surface area contributed by atoms with Gasteiger partial charge in [0.25, 0.3) is 0 Å². The van der Waals surface area contributed by atoms with Gasteiger partial charge in [0, 0.05) is 60.5 Å². The smallest absolute Gasteiger partial charge is 0.335 e. The molecule has 38 heavy (non-hydrogen) atoms. The van der Waals surface area contributed by atoms with E-state index in [9.17, 15) is 9.90 Å². The predicted octanol–water partition coefficient (Wildman–Crippen LogP) is 6.88. The molecule has 204 valence electrons. The largest absolute Gasteiger partial charge is 0.478 e. The molecule has 0 radical (unpaired) electrons. The molecule has 1 atom stereocenters. The Labute approximate surface area is 231 Å². The van der Waals surface area contributed by atoms with E-state index in [0.717, 1.165) is 55.5 Å². The molecule has 1 aromatic heterocycles. The Morgan fingerprint density at radius 1 is 1.11 bits per heavy atom. The number of likely N-dealkylation sites (N-methyl/N-ethyl adjacent to an activating group) is 1. The lowest BCUT2D eigenvalue weighted by molar-refractivity contribution is 0.0696. The number of rotatable bonds is 9. The lowest BCUT2D eigenvalue weighted by Crippen LogP contribution is -2.42. The van der Waals surface area contributed by atoms with E-state index in [0.29, 0.717) is 11.5 Å². The van der Waals surface area contributed by atoms with Crippen molar-refractivity contribution in [1.82, 2.24) is 9.47 Å². The second-order valence-electron chi connectivity index (χ2n) is 10.7. The standard InChI is InChI=1S/C31H40ClN3O3/c1-4-33(5-2)19-24(38-3)20-34-15-16-35-28-17-22(31(36)37)11-13-25(28)29(21-9-7-6-8-10-21)30(35)26-14-12-23(32)18-27(26)34/h11-14,17-18,21,24H,4-10,15-16,19-20H2,1-3H3,(H,36,37). The van der Waals surface area contributed by atoms with Gasteiger partial charge in [-0.15, -0.1) is 0 Å². The minimum Gasteiger partial charge on any atom is -0.478 e. The van der Waals surface area contributed by atoms with E-state index in [1.165, 1.54) is 54.3 Å². The first-order chi connectivity index (χ1) is 18.4. The Hall–Kier alpha value is -2.54. The van der Waals surface area contributed by atoms with Crippen molar-refractivity contribution in [3.05, 3.63) is 52.5 Å². The van der Waals surface area contributed by atoms with Crippen LogP contribution in [-0.2, 0) is 11.3 Å². The van der Waals surface area contributed by atoms with Crippen LogP contribution in [0.2, 0.25) is 5.02 Å². The molecule has 0 bridgehead atoms. The number of anilines is 1. The molecule has 1 unspecified atom stereocenters. The van der Waals surface area contributed by atoms with Gasteiger partial charge in [-0.2, -0.15) is 0 Å². The molecule has 1 aliphatic heterocycles. The van der Waals surface area contributed by atoms with Gasteiger partial charge in [-0.05, 0) is 67.7 Å². The Morgan fingerprint density at radius 2 is 1.87 bits per heavy atom. The molecule has 1 aliphatic carbocycles. The molecule has 2 aliphatic rings. The van der Waals surface area contributed by atoms with Crippen molar-refractivity contribution in [3.63, 3.8) is 0 Å². The predicted molar refractivity (Wildman–Crippen MR) is 156 cm³/mol. The van der Waals surface area contributed by atoms with Gasteiger partial charge in [0.1, 0.15) is 0 Å². The summed E-state index contributed by atoms with van der Waals surface area (Å²) in [4.78, 5) is 16.7. The first-order valence-electron chi connectivity index (χ1n) is 14.1. The third-order valence-electron chi connectivity index (χ3n) is 8.63. The first kappa shape index (κ1) is 27.0. The van der Waals surface area contributed by atoms with Gasteiger partial charge in [0.15, 0.2) is 0 Å². The Kier molecular flexibility index (Phi) is 8.32. The van der Waals surface area contributed by atoms with Crippen LogP contribution in [-0.4, -0.2) is 66.5 Å². The van der Waals surface area contributed by atoms with E-state index in [2.05, 4.69) is 40.3 Å². The molecule has 6 nitrogen and oxygen atoms in total. The summed E-state index contributed by atoms with van der Waals surface area (Å²) in [5.41, 5.74) is 6.29. The van der Waals surface area contributed by atoms with Crippen LogP contribution >= 0.6 is 11.6 Å². The van der Waals surface area contributed by atoms with Crippen molar-refractivity contribution in [1.29, 1.82) is 0 Å². The average Bonchev–Trinajstić information content (AvgIpc) is 3.18. The van der Waals surface area contributed by atoms with E-state index in [-0.39, 0.29) is 6.10 Å². The lowest BCUT2D eigenvalue weighted by Gasteiger charge is -2.31. The summed E-state index contributed by atoms with van der Waals surface area (Å²) in [7, 11) is 1.80. The van der Waals surface area contributed by atoms with Gasteiger partial charge in [0.2, 0.25) is 0 Å². The Bertz CT molecular complexity index is 1290. The maximum Gasteiger partial charge on any atom is 0.335 e. The first-order valence-corrected chi connectivity index (χ1v) is 14.5. The zero-order chi connectivity index (χ0) is 26.8. The van der Waals surface area contributed by atoms with Gasteiger partial charge in [-0.25, -0.2) is 4.79 Å². The van der Waals surface area contributed by atoms with E-state index < -0.39 is 5.97 Å². The van der Waals surface area contributed by atoms with Gasteiger partial charge in [-0.1, -0.05) is 50.8 Å². The number of aromatic nitrogens is 1. The molecule has 0 saturated heterocycles. The van der Waals surface area contributed by atoms with Crippen LogP contribution < -0.4 is 4.90 Å². The zero-order valence-corrected chi connectivity index (χ0v) is 23.6. The summed E-state index contributed by atoms with van der Waals surface area (Å²) in [6, 6.07) is 11.9. The SMILES string of the molecule is CCN(CC)CC(CN1CCn2c(c(C3CCCCC3)c3ccc(C(=O)O)cc32)-c2ccc(Cl)cc21)OC. The Morgan fingerprint density at radius 3 is 2.55 bits per heavy atom. The van der Waals surface area contributed by atoms with E-state index in [1.54, 1.807) is 13.2 Å². The van der Waals surface area contributed by atoms with E-state index in [1.807, 2.05) is 18.2 Å². The zero-order valence-electron chi connectivity index (χ0n) is 22.9. The van der Waals surface area contributed by atoms with Gasteiger partial charge >= 0.3 is 5.97 Å². The summed E-state index contributed by atoms with van der Waals surface area (Å²) in [6.07, 6.45) is 6.18. The minimum atomic E-state index is -0.886. The topological polar surface area (TPSA) is 57.9 Å². The third-order valence-corrected chi connectivity index (χ3v) is 8.86. The second-order valence-corrected chi connectivity index (χ2v) is 11.2. The number of nitrogens with zero attached hydrogens (tertiary/aromatic N) is 3. The number of benzene rings is 2. The number of carbonyl (C=O) groups is 1. The molecule has 2 heterocycles. The van der Waals surface area contributed by atoms with Gasteiger partial charge < -0.3 is 24.2 Å². The second kappa shape index (κ2) is 11.7. The third kappa shape index (κ3) is 5.18. The number of aromatic carboxylic acids is 1. The average molecular weight is 538 g/mol. The van der Waals surface area contributed by atoms with E-state index >= 15 is 0 Å². The number of halogens is 1. The summed E-state index contributed by atoms with van der Waals surface area (Å²) < 4.78 is 8.35. The molecule has 1 saturated carbocycles. The monoisotopic (exact) mass is 537 g/mol. The molecular formula is C31H40ClN3O3. The fraction of sp³-hybridized carbons (Fsp3) is 0.516. The quantitative estimate of drug-likeness (QED) is 0.322. The van der Waals surface area contributed by atoms with Crippen molar-refractivity contribution < 1.29 is 14.6 Å². The molecule has 0 spiro atoms. The lowest BCUT2D eigenvalue weighted by atomic mass is 9.81. The highest BCUT2D eigenvalue weighted by molar-refractivity contribution is 6.31. The van der Waals surface area contributed by atoms with Gasteiger partial charge in [-0.3, -0.25) is 0 Å². The van der Waals surface area contributed by atoms with Crippen LogP contribution in [0.15, 0.2) is 36.4 Å². The molecule has 1 N–H and O–H groups in total. The summed E-state index contributed by atoms with van der Waals surface area (Å²) in [5.74, 6) is -0.411. The van der Waals surface area contributed by atoms with Crippen LogP contribution in [0.5, 0.6) is 0 Å². The normalized spacial score (nSPS) is 16.9. The number of ether oxygens (including phenoxy) is 1. The summed E-state index contributed by atoms with van der Waals surface area (Å²) >= 11 is 6.61. The van der Waals surface area contributed by atoms with Crippen molar-refractivity contribution in [3.8, 4) is 11.3 Å². The van der Waals surface area contributed by atoms with Crippen LogP contribution in [0.1, 0.15) is 67.8 Å². The minimum absolute atomic E-state index is 0.0624. The molecule has 0 amide bonds. The van der Waals surface area contributed by atoms with Gasteiger partial charge in [0.05, 0.1) is 17.4 Å². The Balaban J connectivity index is 1.65. The van der Waals surface area contributed by atoms with Crippen molar-refractivity contribution >= 4 is 34.2 Å². The van der Waals surface area contributed by atoms with Crippen LogP contribution in [0.25, 0.3) is 22.2 Å². The van der Waals surface area contributed by atoms with Crippen LogP contribution in [0.3, 0.4) is 0 Å². The summed E-state index contributed by atoms with van der Waals surface area (Å²) in [6.45, 7) is 9.57. The molecule has 3 aromatic rings. The molecule has 1 fully saturated rings. The van der Waals surface area contributed by atoms with Crippen LogP contribution in [0, 0.1) is 0 Å². The summed E-state index contributed by atoms with van der Waals surface area (Å²) in [5, 5.41) is 11.7. The van der Waals surface area contributed by atoms with E-state index in [4.69, 9.17) is 16.3 Å². The molecule has 5 rings (SSSR count). The number of methoxy groups -OCH3 is 1. The van der Waals surface area contributed by atoms with Crippen molar-refractivity contribution in [2.75, 3.05) is 44.7 Å². The maximum atomic E-state index is 11.9. The number of carboxylic acids is 1. The van der Waals surface area contributed by atoms with Crippen LogP contribution in [0.4, 0.5) is 5.69 Å². The number of hydrogen-bond acceptors (Lipinski definition) is 4. The van der Waals surface area contributed by atoms with Crippen molar-refractivity contribution in [2.24, 2.45) is 0 Å². The highest BCUT2D eigenvalue weighted by Gasteiger charge is 2.31. The fourth-order valence-electron chi connectivity index (χ4n) is 6.56. The maximum absolute atomic E-state index is 11.9.